The molecule has 10 heteroatoms. The minimum absolute atomic E-state index is 0.189. The van der Waals surface area contributed by atoms with Gasteiger partial charge >= 0.3 is 12.2 Å². The highest BCUT2D eigenvalue weighted by Gasteiger charge is 2.28. The normalized spacial score (nSPS) is 12.9. The van der Waals surface area contributed by atoms with Gasteiger partial charge in [0.15, 0.2) is 0 Å². The van der Waals surface area contributed by atoms with Gasteiger partial charge in [0, 0.05) is 0 Å². The van der Waals surface area contributed by atoms with Gasteiger partial charge in [-0.3, -0.25) is 9.59 Å². The highest BCUT2D eigenvalue weighted by Crippen LogP contribution is 2.05. The molecule has 162 valence electrons. The molecule has 0 saturated carbocycles. The van der Waals surface area contributed by atoms with Gasteiger partial charge in [-0.2, -0.15) is 0 Å². The van der Waals surface area contributed by atoms with Crippen LogP contribution < -0.4 is 21.3 Å². The third kappa shape index (κ3) is 9.43. The molecule has 0 radical (unpaired) electrons. The van der Waals surface area contributed by atoms with E-state index in [1.54, 1.807) is 48.5 Å². The number of ether oxygens (including phenoxy) is 2. The second-order valence-corrected chi connectivity index (χ2v) is 6.91. The van der Waals surface area contributed by atoms with Crippen molar-refractivity contribution in [1.82, 2.24) is 21.3 Å². The molecule has 0 aliphatic rings. The molecule has 0 heterocycles. The number of alkyl carbamates (subject to hydrolysis) is 2. The fraction of sp³-hybridized carbons (Fsp3) is 0.778. The van der Waals surface area contributed by atoms with Crippen LogP contribution in [0.3, 0.4) is 0 Å². The van der Waals surface area contributed by atoms with E-state index >= 15 is 0 Å². The Morgan fingerprint density at radius 2 is 0.964 bits per heavy atom. The lowest BCUT2D eigenvalue weighted by molar-refractivity contribution is -0.127. The van der Waals surface area contributed by atoms with E-state index in [1.165, 1.54) is 0 Å². The number of rotatable bonds is 10. The van der Waals surface area contributed by atoms with E-state index in [0.717, 1.165) is 0 Å². The highest BCUT2D eigenvalue weighted by molar-refractivity contribution is 5.88. The molecule has 0 aliphatic heterocycles. The van der Waals surface area contributed by atoms with Crippen LogP contribution in [0, 0.1) is 11.8 Å². The van der Waals surface area contributed by atoms with Crippen LogP contribution in [0.2, 0.25) is 0 Å². The number of nitrogens with one attached hydrogen (secondary N) is 4. The van der Waals surface area contributed by atoms with Crippen LogP contribution in [-0.2, 0) is 19.1 Å². The molecule has 0 spiro atoms. The minimum Gasteiger partial charge on any atom is -0.450 e. The lowest BCUT2D eigenvalue weighted by Crippen LogP contribution is -2.58. The smallest absolute Gasteiger partial charge is 0.407 e. The number of hydrogen-bond donors (Lipinski definition) is 4. The maximum atomic E-state index is 12.5. The first-order valence-electron chi connectivity index (χ1n) is 9.50. The summed E-state index contributed by atoms with van der Waals surface area (Å²) in [6.07, 6.45) is -2.10. The van der Waals surface area contributed by atoms with E-state index in [1.807, 2.05) is 0 Å². The zero-order chi connectivity index (χ0) is 21.9. The van der Waals surface area contributed by atoms with Gasteiger partial charge in [-0.1, -0.05) is 27.7 Å². The van der Waals surface area contributed by atoms with E-state index in [0.29, 0.717) is 0 Å². The van der Waals surface area contributed by atoms with Crippen LogP contribution in [0.5, 0.6) is 0 Å². The van der Waals surface area contributed by atoms with Crippen molar-refractivity contribution in [3.63, 3.8) is 0 Å². The van der Waals surface area contributed by atoms with Crippen LogP contribution in [-0.4, -0.2) is 55.5 Å². The van der Waals surface area contributed by atoms with Crippen LogP contribution in [0.15, 0.2) is 0 Å². The van der Waals surface area contributed by atoms with E-state index in [-0.39, 0.29) is 25.0 Å². The number of carbonyl (C=O) groups is 4. The Morgan fingerprint density at radius 3 is 1.21 bits per heavy atom. The molecule has 4 N–H and O–H groups in total. The summed E-state index contributed by atoms with van der Waals surface area (Å²) >= 11 is 0. The Hall–Kier alpha value is -2.52. The third-order valence-corrected chi connectivity index (χ3v) is 3.71. The average molecular weight is 402 g/mol. The molecule has 10 nitrogen and oxygen atoms in total. The Morgan fingerprint density at radius 1 is 0.643 bits per heavy atom. The Balaban J connectivity index is 4.86. The maximum Gasteiger partial charge on any atom is 0.407 e. The van der Waals surface area contributed by atoms with Gasteiger partial charge in [-0.15, -0.1) is 0 Å². The topological polar surface area (TPSA) is 135 Å². The fourth-order valence-corrected chi connectivity index (χ4v) is 2.31. The van der Waals surface area contributed by atoms with E-state index in [2.05, 4.69) is 21.3 Å². The van der Waals surface area contributed by atoms with Gasteiger partial charge in [-0.05, 0) is 32.6 Å². The van der Waals surface area contributed by atoms with Crippen molar-refractivity contribution in [1.29, 1.82) is 0 Å². The molecule has 0 fully saturated rings. The molecule has 0 unspecified atom stereocenters. The van der Waals surface area contributed by atoms with Gasteiger partial charge in [0.1, 0.15) is 12.1 Å². The molecule has 28 heavy (non-hydrogen) atoms. The van der Waals surface area contributed by atoms with Crippen molar-refractivity contribution in [2.75, 3.05) is 13.2 Å². The first-order chi connectivity index (χ1) is 13.0. The monoisotopic (exact) mass is 402 g/mol. The van der Waals surface area contributed by atoms with Crippen molar-refractivity contribution in [2.24, 2.45) is 11.8 Å². The van der Waals surface area contributed by atoms with E-state index < -0.39 is 42.3 Å². The molecule has 0 rings (SSSR count). The fourth-order valence-electron chi connectivity index (χ4n) is 2.31. The summed E-state index contributed by atoms with van der Waals surface area (Å²) < 4.78 is 9.61. The first kappa shape index (κ1) is 25.5. The summed E-state index contributed by atoms with van der Waals surface area (Å²) in [7, 11) is 0. The molecule has 4 amide bonds. The van der Waals surface area contributed by atoms with E-state index in [4.69, 9.17) is 9.47 Å². The molecule has 0 saturated heterocycles. The molecule has 0 aromatic carbocycles. The van der Waals surface area contributed by atoms with Crippen molar-refractivity contribution >= 4 is 24.0 Å². The molecule has 0 aliphatic carbocycles. The van der Waals surface area contributed by atoms with Crippen molar-refractivity contribution in [3.05, 3.63) is 0 Å². The molecule has 2 atom stereocenters. The SMILES string of the molecule is CCOC(=O)N[C@H](C(=O)NC(C)NC(=O)[C@@H](NC(=O)OCC)C(C)C)C(C)C. The molecule has 0 aromatic rings. The zero-order valence-electron chi connectivity index (χ0n) is 17.8. The predicted molar refractivity (Wildman–Crippen MR) is 103 cm³/mol. The van der Waals surface area contributed by atoms with Crippen LogP contribution >= 0.6 is 0 Å². The maximum absolute atomic E-state index is 12.5. The number of carbonyl (C=O) groups excluding carboxylic acids is 4. The van der Waals surface area contributed by atoms with Crippen molar-refractivity contribution in [3.8, 4) is 0 Å². The van der Waals surface area contributed by atoms with Crippen LogP contribution in [0.4, 0.5) is 9.59 Å². The number of amides is 4. The van der Waals surface area contributed by atoms with Gasteiger partial charge in [-0.25, -0.2) is 9.59 Å². The van der Waals surface area contributed by atoms with Crippen molar-refractivity contribution < 1.29 is 28.7 Å². The second-order valence-electron chi connectivity index (χ2n) is 6.91. The average Bonchev–Trinajstić information content (AvgIpc) is 2.57. The standard InChI is InChI=1S/C18H34N4O6/c1-8-27-17(25)21-13(10(3)4)15(23)19-12(7)20-16(24)14(11(5)6)22-18(26)28-9-2/h10-14H,8-9H2,1-7H3,(H,19,23)(H,20,24)(H,21,25)(H,22,26)/t13-,14-/m0/s1. The summed E-state index contributed by atoms with van der Waals surface area (Å²) in [5.74, 6) is -1.31. The highest BCUT2D eigenvalue weighted by atomic mass is 16.6. The molecular weight excluding hydrogens is 368 g/mol. The second kappa shape index (κ2) is 12.8. The summed E-state index contributed by atoms with van der Waals surface area (Å²) in [5, 5.41) is 10.2. The van der Waals surface area contributed by atoms with Crippen LogP contribution in [0.1, 0.15) is 48.5 Å². The van der Waals surface area contributed by atoms with Gasteiger partial charge in [0.05, 0.1) is 19.4 Å². The summed E-state index contributed by atoms with van der Waals surface area (Å²) in [5.41, 5.74) is 0. The van der Waals surface area contributed by atoms with Crippen molar-refractivity contribution in [2.45, 2.75) is 66.7 Å². The minimum atomic E-state index is -0.822. The number of hydrogen-bond acceptors (Lipinski definition) is 6. The quantitative estimate of drug-likeness (QED) is 0.404. The van der Waals surface area contributed by atoms with E-state index in [9.17, 15) is 19.2 Å². The summed E-state index contributed by atoms with van der Waals surface area (Å²) in [4.78, 5) is 48.1. The molecular formula is C18H34N4O6. The Labute approximate surface area is 166 Å². The van der Waals surface area contributed by atoms with Crippen LogP contribution in [0.25, 0.3) is 0 Å². The first-order valence-corrected chi connectivity index (χ1v) is 9.50. The predicted octanol–water partition coefficient (Wildman–Crippen LogP) is 1.11. The molecule has 0 aromatic heterocycles. The lowest BCUT2D eigenvalue weighted by atomic mass is 10.0. The summed E-state index contributed by atoms with van der Waals surface area (Å²) in [6.45, 7) is 12.4. The lowest BCUT2D eigenvalue weighted by Gasteiger charge is -2.26. The third-order valence-electron chi connectivity index (χ3n) is 3.71. The van der Waals surface area contributed by atoms with Gasteiger partial charge in [0.2, 0.25) is 11.8 Å². The summed E-state index contributed by atoms with van der Waals surface area (Å²) in [6, 6.07) is -1.64. The van der Waals surface area contributed by atoms with Gasteiger partial charge < -0.3 is 30.7 Å². The van der Waals surface area contributed by atoms with Gasteiger partial charge in [0.25, 0.3) is 0 Å². The Bertz CT molecular complexity index is 492. The molecule has 0 bridgehead atoms. The zero-order valence-corrected chi connectivity index (χ0v) is 17.8. The Kier molecular flexibility index (Phi) is 11.6. The largest absolute Gasteiger partial charge is 0.450 e.